The third kappa shape index (κ3) is 5.04. The zero-order valence-electron chi connectivity index (χ0n) is 13.3. The molecule has 23 heavy (non-hydrogen) atoms. The first-order chi connectivity index (χ1) is 11.2. The summed E-state index contributed by atoms with van der Waals surface area (Å²) in [7, 11) is 0. The van der Waals surface area contributed by atoms with Gasteiger partial charge in [-0.3, -0.25) is 4.79 Å². The molecule has 1 aliphatic carbocycles. The van der Waals surface area contributed by atoms with Gasteiger partial charge in [0.05, 0.1) is 13.0 Å². The SMILES string of the molecule is C#CCN(C(=O)Cc1ccc(OCC#N)cc1)C1CCCCC1. The molecule has 0 heterocycles. The molecule has 1 aromatic carbocycles. The molecule has 0 atom stereocenters. The van der Waals surface area contributed by atoms with E-state index in [9.17, 15) is 4.79 Å². The van der Waals surface area contributed by atoms with Crippen LogP contribution in [0.4, 0.5) is 0 Å². The maximum atomic E-state index is 12.6. The van der Waals surface area contributed by atoms with Crippen molar-refractivity contribution in [2.75, 3.05) is 13.2 Å². The summed E-state index contributed by atoms with van der Waals surface area (Å²) in [5.74, 6) is 3.34. The van der Waals surface area contributed by atoms with Crippen LogP contribution in [0.3, 0.4) is 0 Å². The van der Waals surface area contributed by atoms with Crippen LogP contribution in [0.15, 0.2) is 24.3 Å². The van der Waals surface area contributed by atoms with E-state index in [1.165, 1.54) is 19.3 Å². The van der Waals surface area contributed by atoms with Crippen LogP contribution >= 0.6 is 0 Å². The molecule has 0 spiro atoms. The largest absolute Gasteiger partial charge is 0.479 e. The lowest BCUT2D eigenvalue weighted by molar-refractivity contribution is -0.132. The number of benzene rings is 1. The van der Waals surface area contributed by atoms with Crippen LogP contribution in [-0.2, 0) is 11.2 Å². The number of nitriles is 1. The number of hydrogen-bond donors (Lipinski definition) is 0. The summed E-state index contributed by atoms with van der Waals surface area (Å²) >= 11 is 0. The normalized spacial score (nSPS) is 14.5. The van der Waals surface area contributed by atoms with Gasteiger partial charge < -0.3 is 9.64 Å². The van der Waals surface area contributed by atoms with Crippen LogP contribution in [0.2, 0.25) is 0 Å². The van der Waals surface area contributed by atoms with Crippen LogP contribution in [0, 0.1) is 23.7 Å². The molecule has 1 amide bonds. The first-order valence-corrected chi connectivity index (χ1v) is 8.06. The van der Waals surface area contributed by atoms with Gasteiger partial charge in [-0.15, -0.1) is 6.42 Å². The van der Waals surface area contributed by atoms with Gasteiger partial charge in [-0.1, -0.05) is 37.3 Å². The van der Waals surface area contributed by atoms with Crippen molar-refractivity contribution >= 4 is 5.91 Å². The Morgan fingerprint density at radius 2 is 1.96 bits per heavy atom. The van der Waals surface area contributed by atoms with E-state index >= 15 is 0 Å². The van der Waals surface area contributed by atoms with Crippen molar-refractivity contribution in [3.8, 4) is 24.2 Å². The quantitative estimate of drug-likeness (QED) is 0.759. The summed E-state index contributed by atoms with van der Waals surface area (Å²) in [6, 6.07) is 9.50. The fraction of sp³-hybridized carbons (Fsp3) is 0.474. The Morgan fingerprint density at radius 3 is 2.57 bits per heavy atom. The second kappa shape index (κ2) is 8.86. The van der Waals surface area contributed by atoms with Crippen LogP contribution in [0.5, 0.6) is 5.75 Å². The number of rotatable bonds is 6. The third-order valence-corrected chi connectivity index (χ3v) is 4.18. The molecule has 120 valence electrons. The second-order valence-corrected chi connectivity index (χ2v) is 5.79. The van der Waals surface area contributed by atoms with E-state index in [1.807, 2.05) is 23.1 Å². The van der Waals surface area contributed by atoms with E-state index < -0.39 is 0 Å². The van der Waals surface area contributed by atoms with Gasteiger partial charge in [0.15, 0.2) is 6.61 Å². The Kier molecular flexibility index (Phi) is 6.51. The zero-order chi connectivity index (χ0) is 16.5. The van der Waals surface area contributed by atoms with Gasteiger partial charge in [-0.2, -0.15) is 5.26 Å². The molecular formula is C19H22N2O2. The molecular weight excluding hydrogens is 288 g/mol. The lowest BCUT2D eigenvalue weighted by Crippen LogP contribution is -2.42. The van der Waals surface area contributed by atoms with E-state index in [1.54, 1.807) is 12.1 Å². The van der Waals surface area contributed by atoms with Crippen LogP contribution in [0.25, 0.3) is 0 Å². The summed E-state index contributed by atoms with van der Waals surface area (Å²) in [6.45, 7) is 0.406. The molecule has 0 unspecified atom stereocenters. The summed E-state index contributed by atoms with van der Waals surface area (Å²) in [5, 5.41) is 8.50. The minimum Gasteiger partial charge on any atom is -0.479 e. The van der Waals surface area contributed by atoms with Crippen LogP contribution < -0.4 is 4.74 Å². The minimum absolute atomic E-state index is 0.0237. The summed E-state index contributed by atoms with van der Waals surface area (Å²) < 4.78 is 5.21. The smallest absolute Gasteiger partial charge is 0.228 e. The fourth-order valence-electron chi connectivity index (χ4n) is 3.01. The number of ether oxygens (including phenoxy) is 1. The van der Waals surface area contributed by atoms with Crippen molar-refractivity contribution in [1.29, 1.82) is 5.26 Å². The average molecular weight is 310 g/mol. The van der Waals surface area contributed by atoms with E-state index in [-0.39, 0.29) is 18.6 Å². The van der Waals surface area contributed by atoms with Crippen molar-refractivity contribution in [2.24, 2.45) is 0 Å². The van der Waals surface area contributed by atoms with Crippen LogP contribution in [-0.4, -0.2) is 30.0 Å². The molecule has 0 N–H and O–H groups in total. The molecule has 4 nitrogen and oxygen atoms in total. The zero-order valence-corrected chi connectivity index (χ0v) is 13.3. The Bertz CT molecular complexity index is 589. The van der Waals surface area contributed by atoms with Gasteiger partial charge in [-0.05, 0) is 30.5 Å². The lowest BCUT2D eigenvalue weighted by Gasteiger charge is -2.33. The summed E-state index contributed by atoms with van der Waals surface area (Å²) in [4.78, 5) is 14.5. The van der Waals surface area contributed by atoms with E-state index in [0.717, 1.165) is 18.4 Å². The first kappa shape index (κ1) is 16.9. The average Bonchev–Trinajstić information content (AvgIpc) is 2.59. The van der Waals surface area contributed by atoms with Gasteiger partial charge >= 0.3 is 0 Å². The molecule has 0 radical (unpaired) electrons. The molecule has 4 heteroatoms. The lowest BCUT2D eigenvalue weighted by atomic mass is 9.93. The standard InChI is InChI=1S/C19H22N2O2/c1-2-13-21(17-6-4-3-5-7-17)19(22)15-16-8-10-18(11-9-16)23-14-12-20/h1,8-11,17H,3-7,13-15H2. The molecule has 1 aliphatic rings. The molecule has 0 bridgehead atoms. The Hall–Kier alpha value is -2.46. The van der Waals surface area contributed by atoms with Gasteiger partial charge in [0.1, 0.15) is 11.8 Å². The molecule has 1 aromatic rings. The highest BCUT2D eigenvalue weighted by atomic mass is 16.5. The van der Waals surface area contributed by atoms with Gasteiger partial charge in [0, 0.05) is 6.04 Å². The molecule has 0 aliphatic heterocycles. The van der Waals surface area contributed by atoms with E-state index in [0.29, 0.717) is 18.7 Å². The highest BCUT2D eigenvalue weighted by molar-refractivity contribution is 5.79. The van der Waals surface area contributed by atoms with Gasteiger partial charge in [-0.25, -0.2) is 0 Å². The van der Waals surface area contributed by atoms with Crippen molar-refractivity contribution in [3.63, 3.8) is 0 Å². The van der Waals surface area contributed by atoms with Crippen molar-refractivity contribution in [1.82, 2.24) is 4.90 Å². The molecule has 0 saturated heterocycles. The van der Waals surface area contributed by atoms with Crippen molar-refractivity contribution in [2.45, 2.75) is 44.6 Å². The number of amides is 1. The molecule has 1 saturated carbocycles. The molecule has 2 rings (SSSR count). The Balaban J connectivity index is 1.97. The first-order valence-electron chi connectivity index (χ1n) is 8.06. The molecule has 1 fully saturated rings. The maximum Gasteiger partial charge on any atom is 0.228 e. The summed E-state index contributed by atoms with van der Waals surface area (Å²) in [5.41, 5.74) is 0.928. The minimum atomic E-state index is 0.0237. The number of terminal acetylenes is 1. The second-order valence-electron chi connectivity index (χ2n) is 5.79. The third-order valence-electron chi connectivity index (χ3n) is 4.18. The monoisotopic (exact) mass is 310 g/mol. The molecule has 0 aromatic heterocycles. The van der Waals surface area contributed by atoms with Gasteiger partial charge in [0.2, 0.25) is 5.91 Å². The number of nitrogens with zero attached hydrogens (tertiary/aromatic N) is 2. The van der Waals surface area contributed by atoms with Crippen molar-refractivity contribution < 1.29 is 9.53 Å². The number of hydrogen-bond acceptors (Lipinski definition) is 3. The van der Waals surface area contributed by atoms with E-state index in [2.05, 4.69) is 5.92 Å². The van der Waals surface area contributed by atoms with Crippen LogP contribution in [0.1, 0.15) is 37.7 Å². The predicted molar refractivity (Wildman–Crippen MR) is 88.7 cm³/mol. The van der Waals surface area contributed by atoms with E-state index in [4.69, 9.17) is 16.4 Å². The Labute approximate surface area is 138 Å². The Morgan fingerprint density at radius 1 is 1.26 bits per heavy atom. The highest BCUT2D eigenvalue weighted by Crippen LogP contribution is 2.23. The number of carbonyl (C=O) groups excluding carboxylic acids is 1. The van der Waals surface area contributed by atoms with Gasteiger partial charge in [0.25, 0.3) is 0 Å². The highest BCUT2D eigenvalue weighted by Gasteiger charge is 2.24. The number of carbonyl (C=O) groups is 1. The maximum absolute atomic E-state index is 12.6. The summed E-state index contributed by atoms with van der Waals surface area (Å²) in [6.07, 6.45) is 11.5. The fourth-order valence-corrected chi connectivity index (χ4v) is 3.01. The topological polar surface area (TPSA) is 53.3 Å². The van der Waals surface area contributed by atoms with Crippen molar-refractivity contribution in [3.05, 3.63) is 29.8 Å². The predicted octanol–water partition coefficient (Wildman–Crippen LogP) is 2.93.